The number of rotatable bonds is 3. The summed E-state index contributed by atoms with van der Waals surface area (Å²) in [5, 5.41) is 7.57. The van der Waals surface area contributed by atoms with Crippen LogP contribution in [0.5, 0.6) is 0 Å². The lowest BCUT2D eigenvalue weighted by atomic mass is 10.0. The quantitative estimate of drug-likeness (QED) is 0.649. The molecule has 1 aromatic carbocycles. The summed E-state index contributed by atoms with van der Waals surface area (Å²) in [5.41, 5.74) is 6.55. The first-order chi connectivity index (χ1) is 8.93. The third kappa shape index (κ3) is 2.79. The molecule has 1 aliphatic rings. The Kier molecular flexibility index (Phi) is 3.91. The fourth-order valence-electron chi connectivity index (χ4n) is 2.35. The first-order valence-electron chi connectivity index (χ1n) is 6.35. The molecule has 0 saturated carbocycles. The molecule has 19 heavy (non-hydrogen) atoms. The Morgan fingerprint density at radius 2 is 1.95 bits per heavy atom. The van der Waals surface area contributed by atoms with E-state index in [1.807, 2.05) is 6.92 Å². The number of amidine groups is 1. The van der Waals surface area contributed by atoms with Crippen LogP contribution in [0.15, 0.2) is 29.2 Å². The summed E-state index contributed by atoms with van der Waals surface area (Å²) in [5.74, 6) is -0.0737. The number of nitrogens with one attached hydrogen (secondary N) is 1. The van der Waals surface area contributed by atoms with Crippen molar-refractivity contribution in [2.24, 2.45) is 5.73 Å². The average molecular weight is 281 g/mol. The van der Waals surface area contributed by atoms with Crippen LogP contribution in [-0.4, -0.2) is 31.1 Å². The maximum atomic E-state index is 12.6. The van der Waals surface area contributed by atoms with Crippen molar-refractivity contribution < 1.29 is 8.42 Å². The van der Waals surface area contributed by atoms with Crippen LogP contribution < -0.4 is 5.73 Å². The minimum Gasteiger partial charge on any atom is -0.386 e. The van der Waals surface area contributed by atoms with Gasteiger partial charge in [0.15, 0.2) is 0 Å². The Bertz CT molecular complexity index is 566. The molecule has 1 fully saturated rings. The first kappa shape index (κ1) is 14.0. The van der Waals surface area contributed by atoms with Gasteiger partial charge in [-0.2, -0.15) is 4.31 Å². The second-order valence-electron chi connectivity index (χ2n) is 4.90. The molecule has 1 aromatic rings. The molecule has 0 radical (unpaired) electrons. The van der Waals surface area contributed by atoms with Crippen LogP contribution in [-0.2, 0) is 10.0 Å². The Balaban J connectivity index is 2.37. The highest BCUT2D eigenvalue weighted by molar-refractivity contribution is 7.89. The third-order valence-corrected chi connectivity index (χ3v) is 5.36. The van der Waals surface area contributed by atoms with E-state index < -0.39 is 16.1 Å². The van der Waals surface area contributed by atoms with Crippen molar-refractivity contribution in [2.45, 2.75) is 37.1 Å². The van der Waals surface area contributed by atoms with Gasteiger partial charge in [0.05, 0.1) is 10.9 Å². The molecule has 1 saturated heterocycles. The van der Waals surface area contributed by atoms with E-state index in [2.05, 4.69) is 0 Å². The van der Waals surface area contributed by atoms with Gasteiger partial charge in [0, 0.05) is 6.54 Å². The van der Waals surface area contributed by atoms with Crippen LogP contribution in [0, 0.1) is 12.3 Å². The second kappa shape index (κ2) is 5.30. The second-order valence-corrected chi connectivity index (χ2v) is 6.79. The van der Waals surface area contributed by atoms with Gasteiger partial charge < -0.3 is 5.73 Å². The van der Waals surface area contributed by atoms with E-state index in [0.29, 0.717) is 13.0 Å². The van der Waals surface area contributed by atoms with E-state index in [4.69, 9.17) is 11.1 Å². The molecule has 0 aromatic heterocycles. The van der Waals surface area contributed by atoms with Gasteiger partial charge in [-0.25, -0.2) is 8.42 Å². The summed E-state index contributed by atoms with van der Waals surface area (Å²) in [7, 11) is -3.56. The summed E-state index contributed by atoms with van der Waals surface area (Å²) in [6, 6.07) is 6.27. The van der Waals surface area contributed by atoms with Crippen LogP contribution >= 0.6 is 0 Å². The number of nitrogens with two attached hydrogens (primary N) is 1. The fourth-order valence-corrected chi connectivity index (χ4v) is 4.02. The van der Waals surface area contributed by atoms with Crippen molar-refractivity contribution in [3.05, 3.63) is 29.8 Å². The van der Waals surface area contributed by atoms with Crippen molar-refractivity contribution in [2.75, 3.05) is 6.54 Å². The predicted octanol–water partition coefficient (Wildman–Crippen LogP) is 1.47. The molecule has 0 amide bonds. The van der Waals surface area contributed by atoms with E-state index >= 15 is 0 Å². The topological polar surface area (TPSA) is 87.2 Å². The lowest BCUT2D eigenvalue weighted by Gasteiger charge is -2.33. The Morgan fingerprint density at radius 1 is 1.32 bits per heavy atom. The predicted molar refractivity (Wildman–Crippen MR) is 74.6 cm³/mol. The lowest BCUT2D eigenvalue weighted by molar-refractivity contribution is 0.303. The summed E-state index contributed by atoms with van der Waals surface area (Å²) in [6.45, 7) is 2.34. The highest BCUT2D eigenvalue weighted by Crippen LogP contribution is 2.25. The average Bonchev–Trinajstić information content (AvgIpc) is 2.39. The monoisotopic (exact) mass is 281 g/mol. The zero-order chi connectivity index (χ0) is 14.0. The molecule has 104 valence electrons. The van der Waals surface area contributed by atoms with Crippen molar-refractivity contribution in [3.8, 4) is 0 Å². The van der Waals surface area contributed by atoms with Crippen LogP contribution in [0.2, 0.25) is 0 Å². The number of sulfonamides is 1. The highest BCUT2D eigenvalue weighted by Gasteiger charge is 2.34. The van der Waals surface area contributed by atoms with Crippen LogP contribution in [0.3, 0.4) is 0 Å². The number of hydrogen-bond acceptors (Lipinski definition) is 3. The normalized spacial score (nSPS) is 21.2. The van der Waals surface area contributed by atoms with Crippen molar-refractivity contribution >= 4 is 15.9 Å². The van der Waals surface area contributed by atoms with Gasteiger partial charge >= 0.3 is 0 Å². The van der Waals surface area contributed by atoms with Gasteiger partial charge in [-0.15, -0.1) is 0 Å². The van der Waals surface area contributed by atoms with Crippen molar-refractivity contribution in [1.29, 1.82) is 5.41 Å². The molecule has 0 aliphatic carbocycles. The molecule has 2 rings (SSSR count). The van der Waals surface area contributed by atoms with Gasteiger partial charge in [-0.05, 0) is 31.9 Å². The zero-order valence-corrected chi connectivity index (χ0v) is 11.8. The smallest absolute Gasteiger partial charge is 0.243 e. The summed E-state index contributed by atoms with van der Waals surface area (Å²) < 4.78 is 26.5. The van der Waals surface area contributed by atoms with Gasteiger partial charge in [-0.1, -0.05) is 24.1 Å². The number of hydrogen-bond donors (Lipinski definition) is 2. The number of benzene rings is 1. The molecule has 5 nitrogen and oxygen atoms in total. The maximum absolute atomic E-state index is 12.6. The van der Waals surface area contributed by atoms with Crippen LogP contribution in [0.25, 0.3) is 0 Å². The van der Waals surface area contributed by atoms with Crippen molar-refractivity contribution in [3.63, 3.8) is 0 Å². The summed E-state index contributed by atoms with van der Waals surface area (Å²) in [4.78, 5) is 0.270. The molecule has 1 unspecified atom stereocenters. The standard InChI is InChI=1S/C13H19N3O2S/c1-10-5-7-11(8-6-10)19(17,18)16-9-3-2-4-12(16)13(14)15/h5-8,12H,2-4,9H2,1H3,(H3,14,15). The molecule has 0 spiro atoms. The maximum Gasteiger partial charge on any atom is 0.243 e. The minimum atomic E-state index is -3.56. The molecule has 1 atom stereocenters. The molecule has 3 N–H and O–H groups in total. The van der Waals surface area contributed by atoms with Gasteiger partial charge in [0.2, 0.25) is 10.0 Å². The van der Waals surface area contributed by atoms with Crippen LogP contribution in [0.4, 0.5) is 0 Å². The molecule has 1 aliphatic heterocycles. The first-order valence-corrected chi connectivity index (χ1v) is 7.79. The summed E-state index contributed by atoms with van der Waals surface area (Å²) >= 11 is 0. The van der Waals surface area contributed by atoms with E-state index in [1.165, 1.54) is 4.31 Å². The van der Waals surface area contributed by atoms with Gasteiger partial charge in [0.1, 0.15) is 5.84 Å². The fraction of sp³-hybridized carbons (Fsp3) is 0.462. The van der Waals surface area contributed by atoms with E-state index in [0.717, 1.165) is 18.4 Å². The van der Waals surface area contributed by atoms with Crippen molar-refractivity contribution in [1.82, 2.24) is 4.31 Å². The molecular weight excluding hydrogens is 262 g/mol. The van der Waals surface area contributed by atoms with Crippen LogP contribution in [0.1, 0.15) is 24.8 Å². The van der Waals surface area contributed by atoms with Gasteiger partial charge in [-0.3, -0.25) is 5.41 Å². The molecular formula is C13H19N3O2S. The molecule has 6 heteroatoms. The minimum absolute atomic E-state index is 0.0737. The summed E-state index contributed by atoms with van der Waals surface area (Å²) in [6.07, 6.45) is 2.35. The number of piperidine rings is 1. The molecule has 1 heterocycles. The highest BCUT2D eigenvalue weighted by atomic mass is 32.2. The van der Waals surface area contributed by atoms with Gasteiger partial charge in [0.25, 0.3) is 0 Å². The Morgan fingerprint density at radius 3 is 2.53 bits per heavy atom. The zero-order valence-electron chi connectivity index (χ0n) is 11.0. The van der Waals surface area contributed by atoms with E-state index in [9.17, 15) is 8.42 Å². The SMILES string of the molecule is Cc1ccc(S(=O)(=O)N2CCCCC2C(=N)N)cc1. The number of nitrogens with zero attached hydrogens (tertiary/aromatic N) is 1. The van der Waals surface area contributed by atoms with E-state index in [-0.39, 0.29) is 10.7 Å². The number of aryl methyl sites for hydroxylation is 1. The largest absolute Gasteiger partial charge is 0.386 e. The third-order valence-electron chi connectivity index (χ3n) is 3.44. The molecule has 0 bridgehead atoms. The van der Waals surface area contributed by atoms with E-state index in [1.54, 1.807) is 24.3 Å². The Hall–Kier alpha value is -1.40. The Labute approximate surface area is 114 Å². The lowest BCUT2D eigenvalue weighted by Crippen LogP contribution is -2.50.